The third-order valence-electron chi connectivity index (χ3n) is 2.56. The standard InChI is InChI=1S/C12H7Cl2NOS2/c13-8-2-1-3-10(6-8)18(16)12-7-9(14)4-5-11(12)17-15-18/h1-7H. The number of hydrogen-bond acceptors (Lipinski definition) is 3. The first-order valence-electron chi connectivity index (χ1n) is 5.08. The van der Waals surface area contributed by atoms with Gasteiger partial charge in [-0.15, -0.1) is 0 Å². The van der Waals surface area contributed by atoms with Crippen molar-refractivity contribution >= 4 is 44.9 Å². The van der Waals surface area contributed by atoms with Gasteiger partial charge in [0.15, 0.2) is 0 Å². The van der Waals surface area contributed by atoms with Gasteiger partial charge < -0.3 is 0 Å². The lowest BCUT2D eigenvalue weighted by Gasteiger charge is -2.07. The molecule has 2 aromatic rings. The van der Waals surface area contributed by atoms with Gasteiger partial charge in [0.05, 0.1) is 9.79 Å². The molecule has 0 saturated heterocycles. The Kier molecular flexibility index (Phi) is 3.06. The maximum Gasteiger partial charge on any atom is 0.116 e. The van der Waals surface area contributed by atoms with E-state index in [9.17, 15) is 4.21 Å². The summed E-state index contributed by atoms with van der Waals surface area (Å²) in [6, 6.07) is 12.3. The molecule has 0 radical (unpaired) electrons. The van der Waals surface area contributed by atoms with Gasteiger partial charge in [0.2, 0.25) is 0 Å². The average Bonchev–Trinajstić information content (AvgIpc) is 2.68. The molecule has 3 rings (SSSR count). The summed E-state index contributed by atoms with van der Waals surface area (Å²) in [7, 11) is -2.62. The van der Waals surface area contributed by atoms with Crippen LogP contribution in [0, 0.1) is 0 Å². The Labute approximate surface area is 120 Å². The van der Waals surface area contributed by atoms with E-state index >= 15 is 0 Å². The second-order valence-corrected chi connectivity index (χ2v) is 7.79. The molecule has 0 aliphatic carbocycles. The van der Waals surface area contributed by atoms with Gasteiger partial charge in [0, 0.05) is 26.9 Å². The van der Waals surface area contributed by atoms with Crippen molar-refractivity contribution in [2.24, 2.45) is 3.77 Å². The van der Waals surface area contributed by atoms with Crippen LogP contribution in [-0.4, -0.2) is 4.21 Å². The van der Waals surface area contributed by atoms with E-state index in [0.29, 0.717) is 19.8 Å². The fourth-order valence-electron chi connectivity index (χ4n) is 1.72. The van der Waals surface area contributed by atoms with Crippen LogP contribution < -0.4 is 0 Å². The van der Waals surface area contributed by atoms with Gasteiger partial charge in [0.1, 0.15) is 9.73 Å². The van der Waals surface area contributed by atoms with Crippen molar-refractivity contribution in [2.45, 2.75) is 14.7 Å². The molecule has 1 atom stereocenters. The molecule has 6 heteroatoms. The molecule has 1 aliphatic heterocycles. The maximum atomic E-state index is 13.0. The Morgan fingerprint density at radius 1 is 1.06 bits per heavy atom. The molecular weight excluding hydrogens is 309 g/mol. The lowest BCUT2D eigenvalue weighted by molar-refractivity contribution is 0.677. The van der Waals surface area contributed by atoms with Crippen LogP contribution in [-0.2, 0) is 9.73 Å². The van der Waals surface area contributed by atoms with Crippen molar-refractivity contribution in [3.8, 4) is 0 Å². The Balaban J connectivity index is 2.26. The lowest BCUT2D eigenvalue weighted by atomic mass is 10.4. The van der Waals surface area contributed by atoms with E-state index in [-0.39, 0.29) is 0 Å². The maximum absolute atomic E-state index is 13.0. The van der Waals surface area contributed by atoms with Crippen molar-refractivity contribution in [1.82, 2.24) is 0 Å². The zero-order valence-corrected chi connectivity index (χ0v) is 12.1. The SMILES string of the molecule is O=S1(c2cccc(Cl)c2)=NSc2ccc(Cl)cc21. The van der Waals surface area contributed by atoms with E-state index in [0.717, 1.165) is 4.90 Å². The highest BCUT2D eigenvalue weighted by Crippen LogP contribution is 2.42. The van der Waals surface area contributed by atoms with Crippen LogP contribution >= 0.6 is 35.1 Å². The molecule has 2 aromatic carbocycles. The number of rotatable bonds is 1. The molecule has 0 spiro atoms. The zero-order chi connectivity index (χ0) is 12.8. The Morgan fingerprint density at radius 2 is 1.83 bits per heavy atom. The number of fused-ring (bicyclic) bond motifs is 1. The van der Waals surface area contributed by atoms with E-state index < -0.39 is 9.73 Å². The number of halogens is 2. The van der Waals surface area contributed by atoms with Gasteiger partial charge >= 0.3 is 0 Å². The monoisotopic (exact) mass is 315 g/mol. The van der Waals surface area contributed by atoms with Gasteiger partial charge in [-0.3, -0.25) is 0 Å². The molecule has 18 heavy (non-hydrogen) atoms. The van der Waals surface area contributed by atoms with E-state index in [2.05, 4.69) is 3.77 Å². The van der Waals surface area contributed by atoms with Crippen LogP contribution in [0.4, 0.5) is 0 Å². The van der Waals surface area contributed by atoms with Crippen LogP contribution in [0.2, 0.25) is 10.0 Å². The van der Waals surface area contributed by atoms with Crippen LogP contribution in [0.25, 0.3) is 0 Å². The minimum absolute atomic E-state index is 0.547. The van der Waals surface area contributed by atoms with Gasteiger partial charge in [-0.05, 0) is 36.4 Å². The third-order valence-corrected chi connectivity index (χ3v) is 6.68. The molecule has 1 unspecified atom stereocenters. The fourth-order valence-corrected chi connectivity index (χ4v) is 5.77. The largest absolute Gasteiger partial charge is 0.239 e. The molecule has 1 heterocycles. The smallest absolute Gasteiger partial charge is 0.116 e. The summed E-state index contributed by atoms with van der Waals surface area (Å²) in [6.07, 6.45) is 0. The topological polar surface area (TPSA) is 29.4 Å². The molecule has 0 amide bonds. The molecule has 0 saturated carbocycles. The van der Waals surface area contributed by atoms with E-state index in [1.807, 2.05) is 6.07 Å². The molecule has 0 bridgehead atoms. The van der Waals surface area contributed by atoms with Gasteiger partial charge in [-0.2, -0.15) is 3.77 Å². The highest BCUT2D eigenvalue weighted by molar-refractivity contribution is 8.10. The van der Waals surface area contributed by atoms with Crippen molar-refractivity contribution in [2.75, 3.05) is 0 Å². The second kappa shape index (κ2) is 4.46. The van der Waals surface area contributed by atoms with Crippen molar-refractivity contribution in [3.05, 3.63) is 52.5 Å². The molecule has 0 aromatic heterocycles. The van der Waals surface area contributed by atoms with Gasteiger partial charge in [-0.1, -0.05) is 29.3 Å². The number of benzene rings is 2. The molecule has 92 valence electrons. The summed E-state index contributed by atoms with van der Waals surface area (Å²) in [5.41, 5.74) is 0. The minimum Gasteiger partial charge on any atom is -0.239 e. The first-order valence-corrected chi connectivity index (χ1v) is 8.13. The predicted octanol–water partition coefficient (Wildman–Crippen LogP) is 4.90. The Bertz CT molecular complexity index is 751. The van der Waals surface area contributed by atoms with Crippen LogP contribution in [0.5, 0.6) is 0 Å². The summed E-state index contributed by atoms with van der Waals surface area (Å²) in [4.78, 5) is 2.16. The van der Waals surface area contributed by atoms with Crippen LogP contribution in [0.3, 0.4) is 0 Å². The summed E-state index contributed by atoms with van der Waals surface area (Å²) in [5.74, 6) is 0. The third kappa shape index (κ3) is 1.93. The van der Waals surface area contributed by atoms with Crippen LogP contribution in [0.15, 0.2) is 60.9 Å². The molecule has 1 aliphatic rings. The van der Waals surface area contributed by atoms with Gasteiger partial charge in [-0.25, -0.2) is 4.21 Å². The summed E-state index contributed by atoms with van der Waals surface area (Å²) >= 11 is 13.1. The zero-order valence-electron chi connectivity index (χ0n) is 8.97. The fraction of sp³-hybridized carbons (Fsp3) is 0. The van der Waals surface area contributed by atoms with Crippen molar-refractivity contribution < 1.29 is 4.21 Å². The van der Waals surface area contributed by atoms with Crippen molar-refractivity contribution in [1.29, 1.82) is 0 Å². The summed E-state index contributed by atoms with van der Waals surface area (Å²) < 4.78 is 17.2. The first kappa shape index (κ1) is 12.4. The molecular formula is C12H7Cl2NOS2. The number of nitrogens with zero attached hydrogens (tertiary/aromatic N) is 1. The minimum atomic E-state index is -2.62. The van der Waals surface area contributed by atoms with Crippen molar-refractivity contribution in [3.63, 3.8) is 0 Å². The Hall–Kier alpha value is -0.680. The highest BCUT2D eigenvalue weighted by atomic mass is 35.5. The highest BCUT2D eigenvalue weighted by Gasteiger charge is 2.26. The Morgan fingerprint density at radius 3 is 2.61 bits per heavy atom. The second-order valence-electron chi connectivity index (χ2n) is 3.74. The van der Waals surface area contributed by atoms with E-state index in [1.165, 1.54) is 11.9 Å². The van der Waals surface area contributed by atoms with Crippen LogP contribution in [0.1, 0.15) is 0 Å². The van der Waals surface area contributed by atoms with Gasteiger partial charge in [0.25, 0.3) is 0 Å². The average molecular weight is 316 g/mol. The molecule has 0 N–H and O–H groups in total. The molecule has 0 fully saturated rings. The lowest BCUT2D eigenvalue weighted by Crippen LogP contribution is -1.99. The predicted molar refractivity (Wildman–Crippen MR) is 75.9 cm³/mol. The molecule has 2 nitrogen and oxygen atoms in total. The summed E-state index contributed by atoms with van der Waals surface area (Å²) in [5, 5.41) is 1.10. The first-order chi connectivity index (χ1) is 8.59. The quantitative estimate of drug-likeness (QED) is 0.700. The normalized spacial score (nSPS) is 21.4. The van der Waals surface area contributed by atoms with E-state index in [1.54, 1.807) is 36.4 Å². The van der Waals surface area contributed by atoms with E-state index in [4.69, 9.17) is 23.2 Å². The number of hydrogen-bond donors (Lipinski definition) is 0. The summed E-state index contributed by atoms with van der Waals surface area (Å²) in [6.45, 7) is 0.